The minimum Gasteiger partial charge on any atom is -0.497 e. The summed E-state index contributed by atoms with van der Waals surface area (Å²) in [6.07, 6.45) is 4.50. The number of anilines is 1. The minimum absolute atomic E-state index is 0.554. The molecular weight excluding hydrogens is 324 g/mol. The standard InChI is InChI=1S/C22H27N2O2/c1-17-7-6-8-19(15-17)23-16-22(25,18-10-12-20(26-2)13-11-18)24-14-5-3-4-9-21(23)24/h6-8,10-13,15,25H,3-5,9,14,16H2,1-2H3/q+1/t22-/m0/s1. The first-order valence-electron chi connectivity index (χ1n) is 9.46. The van der Waals surface area contributed by atoms with Gasteiger partial charge >= 0.3 is 0 Å². The predicted octanol–water partition coefficient (Wildman–Crippen LogP) is 3.65. The summed E-state index contributed by atoms with van der Waals surface area (Å²) in [5, 5.41) is 11.8. The molecule has 2 heterocycles. The summed E-state index contributed by atoms with van der Waals surface area (Å²) < 4.78 is 7.51. The van der Waals surface area contributed by atoms with Gasteiger partial charge in [0.2, 0.25) is 0 Å². The van der Waals surface area contributed by atoms with Gasteiger partial charge in [0.05, 0.1) is 13.7 Å². The Balaban J connectivity index is 1.79. The van der Waals surface area contributed by atoms with Crippen LogP contribution >= 0.6 is 0 Å². The molecule has 0 saturated carbocycles. The highest BCUT2D eigenvalue weighted by molar-refractivity contribution is 5.96. The van der Waals surface area contributed by atoms with Crippen molar-refractivity contribution < 1.29 is 14.4 Å². The molecule has 0 amide bonds. The van der Waals surface area contributed by atoms with E-state index in [9.17, 15) is 5.11 Å². The molecule has 0 spiro atoms. The van der Waals surface area contributed by atoms with Crippen molar-refractivity contribution in [3.8, 4) is 5.75 Å². The van der Waals surface area contributed by atoms with Crippen LogP contribution in [0, 0.1) is 6.92 Å². The summed E-state index contributed by atoms with van der Waals surface area (Å²) in [5.41, 5.74) is 2.32. The molecule has 2 aliphatic rings. The molecule has 136 valence electrons. The number of benzene rings is 2. The monoisotopic (exact) mass is 351 g/mol. The first-order valence-corrected chi connectivity index (χ1v) is 9.46. The summed E-state index contributed by atoms with van der Waals surface area (Å²) in [6, 6.07) is 16.4. The number of hydrogen-bond donors (Lipinski definition) is 1. The van der Waals surface area contributed by atoms with E-state index in [1.807, 2.05) is 24.3 Å². The van der Waals surface area contributed by atoms with Crippen LogP contribution < -0.4 is 9.64 Å². The molecule has 4 rings (SSSR count). The van der Waals surface area contributed by atoms with Gasteiger partial charge in [-0.2, -0.15) is 0 Å². The average Bonchev–Trinajstić information content (AvgIpc) is 2.81. The number of β-amino-alcohol motifs (C(OH)–C–C–N with tert-alkyl or cyclic N) is 1. The molecule has 1 atom stereocenters. The van der Waals surface area contributed by atoms with E-state index in [4.69, 9.17) is 4.74 Å². The number of nitrogens with zero attached hydrogens (tertiary/aromatic N) is 2. The van der Waals surface area contributed by atoms with Gasteiger partial charge in [0, 0.05) is 12.0 Å². The summed E-state index contributed by atoms with van der Waals surface area (Å²) in [5.74, 6) is 2.05. The van der Waals surface area contributed by atoms with Gasteiger partial charge in [-0.15, -0.1) is 0 Å². The normalized spacial score (nSPS) is 23.0. The van der Waals surface area contributed by atoms with Gasteiger partial charge in [-0.25, -0.2) is 9.48 Å². The fourth-order valence-electron chi connectivity index (χ4n) is 4.21. The van der Waals surface area contributed by atoms with Gasteiger partial charge in [0.15, 0.2) is 6.54 Å². The van der Waals surface area contributed by atoms with Crippen molar-refractivity contribution in [1.29, 1.82) is 0 Å². The van der Waals surface area contributed by atoms with Gasteiger partial charge in [-0.05, 0) is 68.1 Å². The van der Waals surface area contributed by atoms with Crippen molar-refractivity contribution in [3.05, 3.63) is 59.7 Å². The second-order valence-corrected chi connectivity index (χ2v) is 7.35. The Labute approximate surface area is 155 Å². The van der Waals surface area contributed by atoms with E-state index >= 15 is 0 Å². The maximum atomic E-state index is 11.8. The van der Waals surface area contributed by atoms with Crippen LogP contribution in [0.15, 0.2) is 48.5 Å². The van der Waals surface area contributed by atoms with Gasteiger partial charge in [-0.3, -0.25) is 0 Å². The van der Waals surface area contributed by atoms with Crippen molar-refractivity contribution in [2.24, 2.45) is 0 Å². The molecule has 0 fully saturated rings. The molecule has 0 aromatic heterocycles. The lowest BCUT2D eigenvalue weighted by atomic mass is 10.0. The Bertz CT molecular complexity index is 828. The van der Waals surface area contributed by atoms with E-state index in [1.165, 1.54) is 24.2 Å². The number of ether oxygens (including phenoxy) is 1. The van der Waals surface area contributed by atoms with Crippen LogP contribution in [0.3, 0.4) is 0 Å². The number of amidine groups is 1. The topological polar surface area (TPSA) is 35.7 Å². The molecule has 4 nitrogen and oxygen atoms in total. The Morgan fingerprint density at radius 1 is 1.08 bits per heavy atom. The summed E-state index contributed by atoms with van der Waals surface area (Å²) in [6.45, 7) is 3.56. The van der Waals surface area contributed by atoms with Crippen molar-refractivity contribution in [1.82, 2.24) is 0 Å². The highest BCUT2D eigenvalue weighted by Gasteiger charge is 2.51. The maximum Gasteiger partial charge on any atom is 0.271 e. The maximum absolute atomic E-state index is 11.8. The predicted molar refractivity (Wildman–Crippen MR) is 104 cm³/mol. The van der Waals surface area contributed by atoms with E-state index in [0.717, 1.165) is 36.4 Å². The smallest absolute Gasteiger partial charge is 0.271 e. The van der Waals surface area contributed by atoms with Crippen LogP contribution in [0.1, 0.15) is 36.8 Å². The lowest BCUT2D eigenvalue weighted by molar-refractivity contribution is -0.658. The molecule has 1 N–H and O–H groups in total. The van der Waals surface area contributed by atoms with Gasteiger partial charge in [-0.1, -0.05) is 12.1 Å². The Morgan fingerprint density at radius 2 is 1.88 bits per heavy atom. The number of aryl methyl sites for hydroxylation is 1. The average molecular weight is 351 g/mol. The molecule has 2 aromatic carbocycles. The highest BCUT2D eigenvalue weighted by atomic mass is 16.5. The molecule has 0 aliphatic carbocycles. The molecule has 0 unspecified atom stereocenters. The third kappa shape index (κ3) is 2.88. The van der Waals surface area contributed by atoms with Crippen LogP contribution in [0.5, 0.6) is 5.75 Å². The molecule has 4 heteroatoms. The van der Waals surface area contributed by atoms with E-state index < -0.39 is 5.72 Å². The first kappa shape index (κ1) is 17.1. The second kappa shape index (κ2) is 6.76. The van der Waals surface area contributed by atoms with Crippen molar-refractivity contribution in [2.45, 2.75) is 38.3 Å². The van der Waals surface area contributed by atoms with Crippen molar-refractivity contribution >= 4 is 11.5 Å². The van der Waals surface area contributed by atoms with Crippen molar-refractivity contribution in [2.75, 3.05) is 25.1 Å². The lowest BCUT2D eigenvalue weighted by Gasteiger charge is -2.23. The zero-order chi connectivity index (χ0) is 18.1. The summed E-state index contributed by atoms with van der Waals surface area (Å²) in [4.78, 5) is 2.31. The van der Waals surface area contributed by atoms with E-state index in [0.29, 0.717) is 6.54 Å². The van der Waals surface area contributed by atoms with Crippen LogP contribution in [0.25, 0.3) is 0 Å². The van der Waals surface area contributed by atoms with Crippen molar-refractivity contribution in [3.63, 3.8) is 0 Å². The molecule has 2 aromatic rings. The molecular formula is C22H27N2O2+. The minimum atomic E-state index is -1.00. The van der Waals surface area contributed by atoms with Crippen LogP contribution in [0.2, 0.25) is 0 Å². The fraction of sp³-hybridized carbons (Fsp3) is 0.409. The molecule has 0 radical (unpaired) electrons. The Kier molecular flexibility index (Phi) is 4.45. The van der Waals surface area contributed by atoms with Gasteiger partial charge in [0.25, 0.3) is 11.6 Å². The molecule has 2 aliphatic heterocycles. The highest BCUT2D eigenvalue weighted by Crippen LogP contribution is 2.36. The lowest BCUT2D eigenvalue weighted by Crippen LogP contribution is -2.41. The largest absolute Gasteiger partial charge is 0.497 e. The van der Waals surface area contributed by atoms with E-state index in [2.05, 4.69) is 40.7 Å². The van der Waals surface area contributed by atoms with Gasteiger partial charge < -0.3 is 9.84 Å². The zero-order valence-electron chi connectivity index (χ0n) is 15.6. The molecule has 26 heavy (non-hydrogen) atoms. The number of aliphatic hydroxyl groups is 1. The first-order chi connectivity index (χ1) is 12.6. The number of methoxy groups -OCH3 is 1. The van der Waals surface area contributed by atoms with Crippen LogP contribution in [-0.4, -0.2) is 35.7 Å². The van der Waals surface area contributed by atoms with E-state index in [1.54, 1.807) is 7.11 Å². The van der Waals surface area contributed by atoms with Crippen LogP contribution in [-0.2, 0) is 5.72 Å². The second-order valence-electron chi connectivity index (χ2n) is 7.35. The number of hydrogen-bond acceptors (Lipinski definition) is 3. The zero-order valence-corrected chi connectivity index (χ0v) is 15.6. The Hall–Kier alpha value is -2.33. The fourth-order valence-corrected chi connectivity index (χ4v) is 4.21. The SMILES string of the molecule is COc1ccc([C@@]2(O)CN(c3cccc(C)c3)C3=[N+]2CCCCC3)cc1. The van der Waals surface area contributed by atoms with E-state index in [-0.39, 0.29) is 0 Å². The third-order valence-electron chi connectivity index (χ3n) is 5.60. The third-order valence-corrected chi connectivity index (χ3v) is 5.60. The molecule has 0 saturated heterocycles. The van der Waals surface area contributed by atoms with Gasteiger partial charge in [0.1, 0.15) is 11.4 Å². The summed E-state index contributed by atoms with van der Waals surface area (Å²) >= 11 is 0. The number of rotatable bonds is 3. The van der Waals surface area contributed by atoms with Crippen LogP contribution in [0.4, 0.5) is 5.69 Å². The Morgan fingerprint density at radius 3 is 2.62 bits per heavy atom. The summed E-state index contributed by atoms with van der Waals surface area (Å²) in [7, 11) is 1.67. The quantitative estimate of drug-likeness (QED) is 0.858. The molecule has 0 bridgehead atoms.